The van der Waals surface area contributed by atoms with Gasteiger partial charge in [-0.3, -0.25) is 14.6 Å². The van der Waals surface area contributed by atoms with E-state index in [1.54, 1.807) is 17.9 Å². The van der Waals surface area contributed by atoms with Crippen LogP contribution in [0.15, 0.2) is 103 Å². The van der Waals surface area contributed by atoms with Crippen molar-refractivity contribution < 1.29 is 23.9 Å². The predicted octanol–water partition coefficient (Wildman–Crippen LogP) is 5.31. The van der Waals surface area contributed by atoms with Gasteiger partial charge in [0.05, 0.1) is 18.2 Å². The van der Waals surface area contributed by atoms with Gasteiger partial charge in [-0.1, -0.05) is 54.1 Å². The van der Waals surface area contributed by atoms with Crippen LogP contribution in [0.1, 0.15) is 34.5 Å². The molecular weight excluding hydrogens is 556 g/mol. The lowest BCUT2D eigenvalue weighted by molar-refractivity contribution is -0.139. The average Bonchev–Trinajstić information content (AvgIpc) is 3.03. The van der Waals surface area contributed by atoms with Crippen molar-refractivity contribution in [2.24, 2.45) is 0 Å². The zero-order valence-electron chi connectivity index (χ0n) is 25.2. The van der Waals surface area contributed by atoms with E-state index in [0.29, 0.717) is 66.6 Å². The van der Waals surface area contributed by atoms with Gasteiger partial charge in [0.1, 0.15) is 11.5 Å². The van der Waals surface area contributed by atoms with Crippen LogP contribution in [0.2, 0.25) is 0 Å². The SMILES string of the molecule is C=CCN1C(=O)NC(c2cccc(Oc3ccccc3)c2)C(C(=O)OCC)=C1CN1CCN(C(=O)c2ccc(C)cc2)CC1. The van der Waals surface area contributed by atoms with E-state index in [1.807, 2.05) is 90.7 Å². The minimum Gasteiger partial charge on any atom is -0.463 e. The molecule has 9 nitrogen and oxygen atoms in total. The predicted molar refractivity (Wildman–Crippen MR) is 168 cm³/mol. The average molecular weight is 595 g/mol. The van der Waals surface area contributed by atoms with Crippen LogP contribution in [0.4, 0.5) is 4.79 Å². The van der Waals surface area contributed by atoms with Gasteiger partial charge in [-0.05, 0) is 55.8 Å². The van der Waals surface area contributed by atoms with E-state index in [1.165, 1.54) is 0 Å². The van der Waals surface area contributed by atoms with Crippen LogP contribution in [-0.2, 0) is 9.53 Å². The van der Waals surface area contributed by atoms with Crippen molar-refractivity contribution in [2.45, 2.75) is 19.9 Å². The number of aryl methyl sites for hydroxylation is 1. The number of piperazine rings is 1. The maximum atomic E-state index is 13.6. The van der Waals surface area contributed by atoms with Crippen LogP contribution in [0.3, 0.4) is 0 Å². The smallest absolute Gasteiger partial charge is 0.338 e. The second-order valence-electron chi connectivity index (χ2n) is 10.8. The summed E-state index contributed by atoms with van der Waals surface area (Å²) in [6.45, 7) is 10.6. The van der Waals surface area contributed by atoms with Crippen molar-refractivity contribution in [2.75, 3.05) is 45.9 Å². The van der Waals surface area contributed by atoms with Crippen LogP contribution < -0.4 is 10.1 Å². The lowest BCUT2D eigenvalue weighted by Crippen LogP contribution is -2.53. The number of carbonyl (C=O) groups is 3. The Bertz CT molecular complexity index is 1530. The van der Waals surface area contributed by atoms with E-state index in [0.717, 1.165) is 5.56 Å². The molecule has 3 amide bonds. The molecule has 228 valence electrons. The third-order valence-electron chi connectivity index (χ3n) is 7.75. The van der Waals surface area contributed by atoms with Crippen molar-refractivity contribution >= 4 is 17.9 Å². The summed E-state index contributed by atoms with van der Waals surface area (Å²) in [6.07, 6.45) is 1.63. The lowest BCUT2D eigenvalue weighted by Gasteiger charge is -2.40. The molecule has 2 aliphatic heterocycles. The van der Waals surface area contributed by atoms with E-state index < -0.39 is 12.0 Å². The molecule has 1 unspecified atom stereocenters. The van der Waals surface area contributed by atoms with Crippen LogP contribution in [0.25, 0.3) is 0 Å². The summed E-state index contributed by atoms with van der Waals surface area (Å²) in [7, 11) is 0. The van der Waals surface area contributed by atoms with Crippen LogP contribution in [-0.4, -0.2) is 78.5 Å². The lowest BCUT2D eigenvalue weighted by atomic mass is 9.93. The highest BCUT2D eigenvalue weighted by molar-refractivity contribution is 5.95. The Kier molecular flexibility index (Phi) is 9.76. The minimum atomic E-state index is -0.749. The summed E-state index contributed by atoms with van der Waals surface area (Å²) in [4.78, 5) is 45.8. The molecule has 0 spiro atoms. The molecular formula is C35H38N4O5. The number of rotatable bonds is 10. The number of esters is 1. The Hall–Kier alpha value is -4.89. The maximum absolute atomic E-state index is 13.6. The first-order valence-corrected chi connectivity index (χ1v) is 14.9. The molecule has 0 bridgehead atoms. The number of hydrogen-bond acceptors (Lipinski definition) is 6. The summed E-state index contributed by atoms with van der Waals surface area (Å²) in [5.41, 5.74) is 3.39. The van der Waals surface area contributed by atoms with Gasteiger partial charge in [0.15, 0.2) is 0 Å². The van der Waals surface area contributed by atoms with Gasteiger partial charge in [-0.2, -0.15) is 0 Å². The zero-order valence-corrected chi connectivity index (χ0v) is 25.2. The minimum absolute atomic E-state index is 0.000858. The summed E-state index contributed by atoms with van der Waals surface area (Å²) < 4.78 is 11.6. The molecule has 1 atom stereocenters. The van der Waals surface area contributed by atoms with Gasteiger partial charge in [0.2, 0.25) is 0 Å². The van der Waals surface area contributed by atoms with Gasteiger partial charge in [-0.15, -0.1) is 6.58 Å². The molecule has 5 rings (SSSR count). The Labute approximate surface area is 258 Å². The zero-order chi connectivity index (χ0) is 31.1. The largest absolute Gasteiger partial charge is 0.463 e. The molecule has 2 heterocycles. The number of amides is 3. The molecule has 2 aliphatic rings. The number of benzene rings is 3. The first kappa shape index (κ1) is 30.6. The molecule has 0 aromatic heterocycles. The number of ether oxygens (including phenoxy) is 2. The van der Waals surface area contributed by atoms with Gasteiger partial charge in [-0.25, -0.2) is 9.59 Å². The molecule has 1 N–H and O–H groups in total. The molecule has 9 heteroatoms. The monoisotopic (exact) mass is 594 g/mol. The molecule has 44 heavy (non-hydrogen) atoms. The van der Waals surface area contributed by atoms with E-state index in [-0.39, 0.29) is 25.1 Å². The van der Waals surface area contributed by atoms with Crippen molar-refractivity contribution in [1.29, 1.82) is 0 Å². The molecule has 1 fully saturated rings. The molecule has 3 aromatic carbocycles. The fourth-order valence-corrected chi connectivity index (χ4v) is 5.48. The van der Waals surface area contributed by atoms with Gasteiger partial charge in [0.25, 0.3) is 5.91 Å². The first-order chi connectivity index (χ1) is 21.4. The fraction of sp³-hybridized carbons (Fsp3) is 0.286. The van der Waals surface area contributed by atoms with Crippen molar-refractivity contribution in [1.82, 2.24) is 20.0 Å². The molecule has 3 aromatic rings. The van der Waals surface area contributed by atoms with Crippen LogP contribution in [0, 0.1) is 6.92 Å². The van der Waals surface area contributed by atoms with E-state index >= 15 is 0 Å². The maximum Gasteiger partial charge on any atom is 0.338 e. The summed E-state index contributed by atoms with van der Waals surface area (Å²) in [5, 5.41) is 3.01. The number of urea groups is 1. The van der Waals surface area contributed by atoms with E-state index in [2.05, 4.69) is 16.8 Å². The molecule has 0 radical (unpaired) electrons. The topological polar surface area (TPSA) is 91.4 Å². The second kappa shape index (κ2) is 14.1. The Morgan fingerprint density at radius 2 is 1.66 bits per heavy atom. The van der Waals surface area contributed by atoms with E-state index in [4.69, 9.17) is 9.47 Å². The van der Waals surface area contributed by atoms with Crippen molar-refractivity contribution in [3.8, 4) is 11.5 Å². The van der Waals surface area contributed by atoms with Gasteiger partial charge < -0.3 is 19.7 Å². The number of carbonyl (C=O) groups excluding carboxylic acids is 3. The van der Waals surface area contributed by atoms with Crippen molar-refractivity contribution in [3.63, 3.8) is 0 Å². The highest BCUT2D eigenvalue weighted by Crippen LogP contribution is 2.34. The fourth-order valence-electron chi connectivity index (χ4n) is 5.48. The van der Waals surface area contributed by atoms with Gasteiger partial charge >= 0.3 is 12.0 Å². The highest BCUT2D eigenvalue weighted by Gasteiger charge is 2.39. The Morgan fingerprint density at radius 1 is 0.955 bits per heavy atom. The Morgan fingerprint density at radius 3 is 2.34 bits per heavy atom. The second-order valence-corrected chi connectivity index (χ2v) is 10.8. The highest BCUT2D eigenvalue weighted by atomic mass is 16.5. The standard InChI is InChI=1S/C35H38N4O5/c1-4-18-39-30(24-37-19-21-38(22-20-37)33(40)26-16-14-25(3)15-17-26)31(34(41)43-5-2)32(36-35(39)42)27-10-9-13-29(23-27)44-28-11-7-6-8-12-28/h4,6-17,23,32H,1,5,18-22,24H2,2-3H3,(H,36,42). The number of nitrogens with zero attached hydrogens (tertiary/aromatic N) is 3. The summed E-state index contributed by atoms with van der Waals surface area (Å²) in [5.74, 6) is 0.759. The first-order valence-electron chi connectivity index (χ1n) is 14.9. The van der Waals surface area contributed by atoms with Crippen LogP contribution >= 0.6 is 0 Å². The van der Waals surface area contributed by atoms with Gasteiger partial charge in [0, 0.05) is 50.5 Å². The summed E-state index contributed by atoms with van der Waals surface area (Å²) in [6, 6.07) is 23.3. The van der Waals surface area contributed by atoms with Crippen LogP contribution in [0.5, 0.6) is 11.5 Å². The molecule has 0 saturated carbocycles. The molecule has 1 saturated heterocycles. The third-order valence-corrected chi connectivity index (χ3v) is 7.75. The normalized spacial score (nSPS) is 17.2. The quantitative estimate of drug-likeness (QED) is 0.253. The number of para-hydroxylation sites is 1. The number of nitrogens with one attached hydrogen (secondary N) is 1. The number of hydrogen-bond donors (Lipinski definition) is 1. The van der Waals surface area contributed by atoms with Crippen molar-refractivity contribution in [3.05, 3.63) is 119 Å². The third kappa shape index (κ3) is 7.01. The molecule has 0 aliphatic carbocycles. The van der Waals surface area contributed by atoms with E-state index in [9.17, 15) is 14.4 Å². The summed E-state index contributed by atoms with van der Waals surface area (Å²) >= 11 is 0. The Balaban J connectivity index is 1.43.